The molecule has 6 heteroatoms. The molecular weight excluding hydrogens is 329 g/mol. The van der Waals surface area contributed by atoms with Crippen molar-refractivity contribution in [3.63, 3.8) is 0 Å². The minimum absolute atomic E-state index is 0.314. The summed E-state index contributed by atoms with van der Waals surface area (Å²) < 4.78 is 39.8. The smallest absolute Gasteiger partial charge is 0.324 e. The lowest BCUT2D eigenvalue weighted by Crippen LogP contribution is -2.28. The molecule has 0 saturated carbocycles. The number of benzene rings is 2. The van der Waals surface area contributed by atoms with Crippen LogP contribution in [0.2, 0.25) is 0 Å². The summed E-state index contributed by atoms with van der Waals surface area (Å²) in [6, 6.07) is 11.3. The van der Waals surface area contributed by atoms with Crippen LogP contribution in [0.25, 0.3) is 16.6 Å². The van der Waals surface area contributed by atoms with E-state index in [9.17, 15) is 18.0 Å². The largest absolute Gasteiger partial charge is 0.416 e. The highest BCUT2D eigenvalue weighted by Crippen LogP contribution is 2.30. The lowest BCUT2D eigenvalue weighted by molar-refractivity contribution is -0.137. The Morgan fingerprint density at radius 2 is 1.64 bits per heavy atom. The van der Waals surface area contributed by atoms with E-state index < -0.39 is 17.8 Å². The Kier molecular flexibility index (Phi) is 4.16. The summed E-state index contributed by atoms with van der Waals surface area (Å²) in [6.07, 6.45) is -4.42. The number of aryl methyl sites for hydroxylation is 1. The first-order valence-corrected chi connectivity index (χ1v) is 7.79. The molecule has 0 aliphatic carbocycles. The standard InChI is InChI=1S/C19H17F3N2O/c1-11-15-5-3-4-6-16(15)24(18(25)17(11)12(2)23)14-9-7-13(8-10-14)19(20,21)22/h3-10,12H,23H2,1-2H3. The summed E-state index contributed by atoms with van der Waals surface area (Å²) in [6.45, 7) is 3.55. The molecule has 0 aliphatic heterocycles. The molecule has 0 saturated heterocycles. The second kappa shape index (κ2) is 6.04. The molecule has 130 valence electrons. The Labute approximate surface area is 142 Å². The van der Waals surface area contributed by atoms with Crippen molar-refractivity contribution >= 4 is 10.9 Å². The number of hydrogen-bond acceptors (Lipinski definition) is 2. The van der Waals surface area contributed by atoms with Gasteiger partial charge in [0.1, 0.15) is 0 Å². The van der Waals surface area contributed by atoms with Crippen LogP contribution in [0.1, 0.15) is 29.7 Å². The van der Waals surface area contributed by atoms with Gasteiger partial charge in [0, 0.05) is 22.7 Å². The Hall–Kier alpha value is -2.60. The molecule has 0 amide bonds. The van der Waals surface area contributed by atoms with E-state index in [2.05, 4.69) is 0 Å². The Bertz CT molecular complexity index is 986. The molecule has 1 atom stereocenters. The number of pyridine rings is 1. The fourth-order valence-electron chi connectivity index (χ4n) is 3.11. The van der Waals surface area contributed by atoms with Crippen molar-refractivity contribution in [1.29, 1.82) is 0 Å². The fourth-order valence-corrected chi connectivity index (χ4v) is 3.11. The summed E-state index contributed by atoms with van der Waals surface area (Å²) >= 11 is 0. The summed E-state index contributed by atoms with van der Waals surface area (Å²) in [5.41, 5.74) is 7.15. The molecule has 0 radical (unpaired) electrons. The van der Waals surface area contributed by atoms with Gasteiger partial charge in [0.25, 0.3) is 5.56 Å². The Morgan fingerprint density at radius 3 is 2.20 bits per heavy atom. The molecule has 25 heavy (non-hydrogen) atoms. The van der Waals surface area contributed by atoms with Crippen molar-refractivity contribution in [1.82, 2.24) is 4.57 Å². The van der Waals surface area contributed by atoms with E-state index in [0.29, 0.717) is 16.8 Å². The molecule has 0 bridgehead atoms. The van der Waals surface area contributed by atoms with Gasteiger partial charge >= 0.3 is 6.18 Å². The van der Waals surface area contributed by atoms with Gasteiger partial charge in [0.05, 0.1) is 11.1 Å². The topological polar surface area (TPSA) is 48.0 Å². The van der Waals surface area contributed by atoms with Gasteiger partial charge in [-0.05, 0) is 49.7 Å². The third-order valence-corrected chi connectivity index (χ3v) is 4.29. The van der Waals surface area contributed by atoms with E-state index in [1.54, 1.807) is 19.1 Å². The summed E-state index contributed by atoms with van der Waals surface area (Å²) in [5, 5.41) is 0.842. The van der Waals surface area contributed by atoms with E-state index in [0.717, 1.165) is 23.1 Å². The van der Waals surface area contributed by atoms with Crippen LogP contribution in [0.4, 0.5) is 13.2 Å². The zero-order chi connectivity index (χ0) is 18.4. The maximum atomic E-state index is 13.0. The first-order valence-electron chi connectivity index (χ1n) is 7.79. The molecule has 0 spiro atoms. The molecule has 3 rings (SSSR count). The predicted octanol–water partition coefficient (Wildman–Crippen LogP) is 4.34. The van der Waals surface area contributed by atoms with E-state index >= 15 is 0 Å². The molecule has 0 fully saturated rings. The maximum Gasteiger partial charge on any atom is 0.416 e. The number of fused-ring (bicyclic) bond motifs is 1. The average molecular weight is 346 g/mol. The molecule has 2 aromatic carbocycles. The van der Waals surface area contributed by atoms with Gasteiger partial charge in [0.2, 0.25) is 0 Å². The number of para-hydroxylation sites is 1. The van der Waals surface area contributed by atoms with Crippen LogP contribution in [0, 0.1) is 6.92 Å². The number of halogens is 3. The Morgan fingerprint density at radius 1 is 1.04 bits per heavy atom. The highest BCUT2D eigenvalue weighted by atomic mass is 19.4. The van der Waals surface area contributed by atoms with Crippen LogP contribution in [0.15, 0.2) is 53.3 Å². The predicted molar refractivity (Wildman–Crippen MR) is 91.9 cm³/mol. The first kappa shape index (κ1) is 17.2. The van der Waals surface area contributed by atoms with Crippen LogP contribution < -0.4 is 11.3 Å². The lowest BCUT2D eigenvalue weighted by atomic mass is 9.99. The molecule has 1 heterocycles. The zero-order valence-electron chi connectivity index (χ0n) is 13.8. The van der Waals surface area contributed by atoms with Gasteiger partial charge in [-0.2, -0.15) is 13.2 Å². The molecular formula is C19H17F3N2O. The van der Waals surface area contributed by atoms with Crippen LogP contribution in [0.5, 0.6) is 0 Å². The summed E-state index contributed by atoms with van der Waals surface area (Å²) in [5.74, 6) is 0. The average Bonchev–Trinajstić information content (AvgIpc) is 2.54. The van der Waals surface area contributed by atoms with Crippen LogP contribution in [-0.2, 0) is 6.18 Å². The number of nitrogens with two attached hydrogens (primary N) is 1. The van der Waals surface area contributed by atoms with Crippen molar-refractivity contribution in [2.75, 3.05) is 0 Å². The quantitative estimate of drug-likeness (QED) is 0.750. The summed E-state index contributed by atoms with van der Waals surface area (Å²) in [7, 11) is 0. The minimum Gasteiger partial charge on any atom is -0.324 e. The van der Waals surface area contributed by atoms with Crippen molar-refractivity contribution in [2.24, 2.45) is 5.73 Å². The van der Waals surface area contributed by atoms with Crippen molar-refractivity contribution in [3.05, 3.63) is 75.6 Å². The maximum absolute atomic E-state index is 13.0. The molecule has 1 aromatic heterocycles. The molecule has 1 unspecified atom stereocenters. The van der Waals surface area contributed by atoms with Gasteiger partial charge in [0.15, 0.2) is 0 Å². The molecule has 3 nitrogen and oxygen atoms in total. The van der Waals surface area contributed by atoms with Crippen LogP contribution in [0.3, 0.4) is 0 Å². The first-order chi connectivity index (χ1) is 11.7. The monoisotopic (exact) mass is 346 g/mol. The van der Waals surface area contributed by atoms with Crippen molar-refractivity contribution < 1.29 is 13.2 Å². The minimum atomic E-state index is -4.42. The van der Waals surface area contributed by atoms with E-state index in [4.69, 9.17) is 5.73 Å². The highest BCUT2D eigenvalue weighted by molar-refractivity contribution is 5.85. The number of nitrogens with zero attached hydrogens (tertiary/aromatic N) is 1. The third kappa shape index (κ3) is 2.93. The van der Waals surface area contributed by atoms with Gasteiger partial charge < -0.3 is 5.73 Å². The van der Waals surface area contributed by atoms with Crippen molar-refractivity contribution in [3.8, 4) is 5.69 Å². The van der Waals surface area contributed by atoms with Gasteiger partial charge in [-0.1, -0.05) is 18.2 Å². The van der Waals surface area contributed by atoms with E-state index in [-0.39, 0.29) is 5.56 Å². The number of rotatable bonds is 2. The fraction of sp³-hybridized carbons (Fsp3) is 0.211. The Balaban J connectivity index is 2.34. The van der Waals surface area contributed by atoms with E-state index in [1.165, 1.54) is 16.7 Å². The van der Waals surface area contributed by atoms with Gasteiger partial charge in [-0.25, -0.2) is 0 Å². The normalized spacial score (nSPS) is 13.2. The van der Waals surface area contributed by atoms with Crippen LogP contribution >= 0.6 is 0 Å². The second-order valence-corrected chi connectivity index (χ2v) is 6.03. The zero-order valence-corrected chi connectivity index (χ0v) is 13.8. The second-order valence-electron chi connectivity index (χ2n) is 6.03. The lowest BCUT2D eigenvalue weighted by Gasteiger charge is -2.18. The third-order valence-electron chi connectivity index (χ3n) is 4.29. The SMILES string of the molecule is Cc1c(C(C)N)c(=O)n(-c2ccc(C(F)(F)F)cc2)c2ccccc12. The van der Waals surface area contributed by atoms with Crippen molar-refractivity contribution in [2.45, 2.75) is 26.1 Å². The summed E-state index contributed by atoms with van der Waals surface area (Å²) in [4.78, 5) is 13.0. The molecule has 0 aliphatic rings. The number of aromatic nitrogens is 1. The number of hydrogen-bond donors (Lipinski definition) is 1. The van der Waals surface area contributed by atoms with Gasteiger partial charge in [-0.3, -0.25) is 9.36 Å². The number of alkyl halides is 3. The highest BCUT2D eigenvalue weighted by Gasteiger charge is 2.30. The van der Waals surface area contributed by atoms with E-state index in [1.807, 2.05) is 19.1 Å². The van der Waals surface area contributed by atoms with Gasteiger partial charge in [-0.15, -0.1) is 0 Å². The molecule has 3 aromatic rings. The molecule has 2 N–H and O–H groups in total. The van der Waals surface area contributed by atoms with Crippen LogP contribution in [-0.4, -0.2) is 4.57 Å².